The van der Waals surface area contributed by atoms with Gasteiger partial charge in [0.15, 0.2) is 0 Å². The summed E-state index contributed by atoms with van der Waals surface area (Å²) in [5.74, 6) is 1.23. The van der Waals surface area contributed by atoms with E-state index in [1.54, 1.807) is 42.2 Å². The lowest BCUT2D eigenvalue weighted by atomic mass is 10.2. The molecule has 1 saturated heterocycles. The molecule has 0 aliphatic carbocycles. The Morgan fingerprint density at radius 3 is 2.43 bits per heavy atom. The second-order valence-corrected chi connectivity index (χ2v) is 6.24. The highest BCUT2D eigenvalue weighted by Gasteiger charge is 2.25. The Hall–Kier alpha value is -3.29. The summed E-state index contributed by atoms with van der Waals surface area (Å²) < 4.78 is 10.3. The Morgan fingerprint density at radius 2 is 1.79 bits per heavy atom. The van der Waals surface area contributed by atoms with Crippen molar-refractivity contribution in [2.75, 3.05) is 45.2 Å². The van der Waals surface area contributed by atoms with Crippen LogP contribution in [-0.2, 0) is 4.74 Å². The number of hydrogen-bond acceptors (Lipinski definition) is 6. The fourth-order valence-electron chi connectivity index (χ4n) is 2.97. The van der Waals surface area contributed by atoms with E-state index >= 15 is 0 Å². The van der Waals surface area contributed by atoms with Crippen LogP contribution in [0.4, 0.5) is 16.3 Å². The number of hydrogen-bond donors (Lipinski definition) is 1. The van der Waals surface area contributed by atoms with E-state index in [1.807, 2.05) is 24.3 Å². The molecule has 28 heavy (non-hydrogen) atoms. The fourth-order valence-corrected chi connectivity index (χ4v) is 2.97. The number of carbonyl (C=O) groups is 2. The molecule has 0 atom stereocenters. The summed E-state index contributed by atoms with van der Waals surface area (Å²) in [7, 11) is 1.61. The van der Waals surface area contributed by atoms with Crippen LogP contribution in [0.1, 0.15) is 17.3 Å². The van der Waals surface area contributed by atoms with Crippen LogP contribution < -0.4 is 10.1 Å². The molecule has 8 nitrogen and oxygen atoms in total. The molecule has 0 unspecified atom stereocenters. The number of ether oxygens (including phenoxy) is 2. The lowest BCUT2D eigenvalue weighted by Crippen LogP contribution is -2.50. The van der Waals surface area contributed by atoms with Crippen LogP contribution in [-0.4, -0.2) is 66.7 Å². The van der Waals surface area contributed by atoms with Gasteiger partial charge in [-0.25, -0.2) is 9.78 Å². The minimum atomic E-state index is -0.331. The standard InChI is InChI=1S/C20H24N4O4/c1-3-28-20(26)24-12-10-23(11-13-24)19(25)15-8-9-18(21-14-15)22-16-6-4-5-7-17(16)27-2/h4-9,14H,3,10-13H2,1-2H3,(H,21,22). The lowest BCUT2D eigenvalue weighted by molar-refractivity contribution is 0.0570. The van der Waals surface area contributed by atoms with Gasteiger partial charge in [-0.15, -0.1) is 0 Å². The van der Waals surface area contributed by atoms with Gasteiger partial charge in [0.1, 0.15) is 11.6 Å². The van der Waals surface area contributed by atoms with E-state index in [0.29, 0.717) is 49.9 Å². The Morgan fingerprint density at radius 1 is 1.07 bits per heavy atom. The third-order valence-electron chi connectivity index (χ3n) is 4.47. The van der Waals surface area contributed by atoms with E-state index in [0.717, 1.165) is 5.69 Å². The van der Waals surface area contributed by atoms with E-state index in [4.69, 9.17) is 9.47 Å². The molecule has 1 aromatic heterocycles. The van der Waals surface area contributed by atoms with Crippen molar-refractivity contribution in [3.05, 3.63) is 48.2 Å². The number of rotatable bonds is 5. The zero-order chi connectivity index (χ0) is 19.9. The van der Waals surface area contributed by atoms with Crippen LogP contribution >= 0.6 is 0 Å². The predicted octanol–water partition coefficient (Wildman–Crippen LogP) is 2.75. The molecule has 1 aliphatic rings. The smallest absolute Gasteiger partial charge is 0.409 e. The van der Waals surface area contributed by atoms with Gasteiger partial charge in [-0.2, -0.15) is 0 Å². The molecule has 2 heterocycles. The molecule has 2 aromatic rings. The molecular formula is C20H24N4O4. The van der Waals surface area contributed by atoms with Gasteiger partial charge in [-0.1, -0.05) is 12.1 Å². The number of piperazine rings is 1. The normalized spacial score (nSPS) is 13.8. The molecule has 1 fully saturated rings. The van der Waals surface area contributed by atoms with Crippen LogP contribution in [0.2, 0.25) is 0 Å². The van der Waals surface area contributed by atoms with Gasteiger partial charge in [0.25, 0.3) is 5.91 Å². The minimum Gasteiger partial charge on any atom is -0.495 e. The molecule has 8 heteroatoms. The molecule has 0 spiro atoms. The van der Waals surface area contributed by atoms with E-state index in [1.165, 1.54) is 0 Å². The number of nitrogens with one attached hydrogen (secondary N) is 1. The van der Waals surface area contributed by atoms with Gasteiger partial charge in [-0.05, 0) is 31.2 Å². The maximum Gasteiger partial charge on any atom is 0.409 e. The second kappa shape index (κ2) is 9.07. The van der Waals surface area contributed by atoms with Crippen LogP contribution in [0.5, 0.6) is 5.75 Å². The molecule has 2 amide bonds. The number of carbonyl (C=O) groups excluding carboxylic acids is 2. The summed E-state index contributed by atoms with van der Waals surface area (Å²) in [5, 5.41) is 3.18. The zero-order valence-electron chi connectivity index (χ0n) is 16.1. The fraction of sp³-hybridized carbons (Fsp3) is 0.350. The summed E-state index contributed by atoms with van der Waals surface area (Å²) in [6.45, 7) is 3.99. The van der Waals surface area contributed by atoms with Crippen molar-refractivity contribution in [2.24, 2.45) is 0 Å². The van der Waals surface area contributed by atoms with Gasteiger partial charge in [0, 0.05) is 32.4 Å². The number of benzene rings is 1. The molecule has 1 N–H and O–H groups in total. The molecular weight excluding hydrogens is 360 g/mol. The van der Waals surface area contributed by atoms with Gasteiger partial charge >= 0.3 is 6.09 Å². The SMILES string of the molecule is CCOC(=O)N1CCN(C(=O)c2ccc(Nc3ccccc3OC)nc2)CC1. The largest absolute Gasteiger partial charge is 0.495 e. The number of aromatic nitrogens is 1. The highest BCUT2D eigenvalue weighted by molar-refractivity contribution is 5.94. The predicted molar refractivity (Wildman–Crippen MR) is 105 cm³/mol. The number of methoxy groups -OCH3 is 1. The highest BCUT2D eigenvalue weighted by atomic mass is 16.6. The first-order chi connectivity index (χ1) is 13.6. The van der Waals surface area contributed by atoms with E-state index in [-0.39, 0.29) is 12.0 Å². The summed E-state index contributed by atoms with van der Waals surface area (Å²) in [6.07, 6.45) is 1.22. The quantitative estimate of drug-likeness (QED) is 0.853. The van der Waals surface area contributed by atoms with Crippen LogP contribution in [0.3, 0.4) is 0 Å². The number of para-hydroxylation sites is 2. The molecule has 1 aliphatic heterocycles. The average molecular weight is 384 g/mol. The van der Waals surface area contributed by atoms with Gasteiger partial charge in [-0.3, -0.25) is 4.79 Å². The van der Waals surface area contributed by atoms with Crippen molar-refractivity contribution in [3.63, 3.8) is 0 Å². The number of amides is 2. The first-order valence-corrected chi connectivity index (χ1v) is 9.19. The Balaban J connectivity index is 1.59. The van der Waals surface area contributed by atoms with Gasteiger partial charge < -0.3 is 24.6 Å². The summed E-state index contributed by atoms with van der Waals surface area (Å²) in [6, 6.07) is 11.0. The summed E-state index contributed by atoms with van der Waals surface area (Å²) in [5.41, 5.74) is 1.31. The topological polar surface area (TPSA) is 84.0 Å². The van der Waals surface area contributed by atoms with E-state index in [9.17, 15) is 9.59 Å². The van der Waals surface area contributed by atoms with Crippen molar-refractivity contribution in [2.45, 2.75) is 6.92 Å². The lowest BCUT2D eigenvalue weighted by Gasteiger charge is -2.34. The number of nitrogens with zero attached hydrogens (tertiary/aromatic N) is 3. The first-order valence-electron chi connectivity index (χ1n) is 9.19. The van der Waals surface area contributed by atoms with Crippen LogP contribution in [0, 0.1) is 0 Å². The minimum absolute atomic E-state index is 0.0974. The highest BCUT2D eigenvalue weighted by Crippen LogP contribution is 2.26. The van der Waals surface area contributed by atoms with Crippen LogP contribution in [0.25, 0.3) is 0 Å². The van der Waals surface area contributed by atoms with Crippen molar-refractivity contribution < 1.29 is 19.1 Å². The van der Waals surface area contributed by atoms with Crippen molar-refractivity contribution in [3.8, 4) is 5.75 Å². The Labute approximate surface area is 164 Å². The van der Waals surface area contributed by atoms with Gasteiger partial charge in [0.2, 0.25) is 0 Å². The number of pyridine rings is 1. The maximum atomic E-state index is 12.7. The van der Waals surface area contributed by atoms with E-state index in [2.05, 4.69) is 10.3 Å². The zero-order valence-corrected chi connectivity index (χ0v) is 16.1. The molecule has 1 aromatic carbocycles. The van der Waals surface area contributed by atoms with Crippen LogP contribution in [0.15, 0.2) is 42.6 Å². The number of anilines is 2. The first kappa shape index (κ1) is 19.5. The van der Waals surface area contributed by atoms with Crippen molar-refractivity contribution >= 4 is 23.5 Å². The van der Waals surface area contributed by atoms with Gasteiger partial charge in [0.05, 0.1) is 25.0 Å². The monoisotopic (exact) mass is 384 g/mol. The summed E-state index contributed by atoms with van der Waals surface area (Å²) in [4.78, 5) is 32.1. The maximum absolute atomic E-state index is 12.7. The third-order valence-corrected chi connectivity index (χ3v) is 4.47. The molecule has 0 saturated carbocycles. The van der Waals surface area contributed by atoms with Crippen molar-refractivity contribution in [1.29, 1.82) is 0 Å². The Kier molecular flexibility index (Phi) is 6.31. The van der Waals surface area contributed by atoms with Crippen molar-refractivity contribution in [1.82, 2.24) is 14.8 Å². The third kappa shape index (κ3) is 4.51. The average Bonchev–Trinajstić information content (AvgIpc) is 2.74. The summed E-state index contributed by atoms with van der Waals surface area (Å²) >= 11 is 0. The molecule has 3 rings (SSSR count). The molecule has 148 valence electrons. The molecule has 0 radical (unpaired) electrons. The molecule has 0 bridgehead atoms. The Bertz CT molecular complexity index is 817. The second-order valence-electron chi connectivity index (χ2n) is 6.24. The van der Waals surface area contributed by atoms with E-state index < -0.39 is 0 Å².